The molecule has 1 amide bonds. The Morgan fingerprint density at radius 1 is 1.07 bits per heavy atom. The molecule has 150 valence electrons. The van der Waals surface area contributed by atoms with Crippen LogP contribution in [0.3, 0.4) is 0 Å². The fourth-order valence-corrected chi connectivity index (χ4v) is 3.95. The highest BCUT2D eigenvalue weighted by Gasteiger charge is 2.21. The van der Waals surface area contributed by atoms with Crippen molar-refractivity contribution in [2.24, 2.45) is 0 Å². The lowest BCUT2D eigenvalue weighted by atomic mass is 9.95. The smallest absolute Gasteiger partial charge is 0.258 e. The Labute approximate surface area is 173 Å². The van der Waals surface area contributed by atoms with E-state index < -0.39 is 0 Å². The summed E-state index contributed by atoms with van der Waals surface area (Å²) in [5.74, 6) is -0.0186. The standard InChI is InChI=1S/C23H22ClNO4/c24-18-12-6-4-10-16(18)22-23(21(27)17-11-5-7-13-19(17)29-22)28-14-20(26)25-15-8-2-1-3-9-15/h4-7,10-13,15H,1-3,8-9,14H2,(H,25,26). The molecule has 4 rings (SSSR count). The molecule has 0 aliphatic heterocycles. The summed E-state index contributed by atoms with van der Waals surface area (Å²) in [5, 5.41) is 3.82. The average molecular weight is 412 g/mol. The number of ether oxygens (including phenoxy) is 1. The zero-order valence-corrected chi connectivity index (χ0v) is 16.7. The van der Waals surface area contributed by atoms with Gasteiger partial charge < -0.3 is 14.5 Å². The maximum Gasteiger partial charge on any atom is 0.258 e. The number of carbonyl (C=O) groups excluding carboxylic acids is 1. The van der Waals surface area contributed by atoms with E-state index in [1.165, 1.54) is 6.42 Å². The van der Waals surface area contributed by atoms with Crippen molar-refractivity contribution < 1.29 is 13.9 Å². The van der Waals surface area contributed by atoms with Crippen molar-refractivity contribution in [2.45, 2.75) is 38.1 Å². The van der Waals surface area contributed by atoms with Crippen molar-refractivity contribution in [2.75, 3.05) is 6.61 Å². The lowest BCUT2D eigenvalue weighted by molar-refractivity contribution is -0.124. The first kappa shape index (κ1) is 19.5. The first-order valence-corrected chi connectivity index (χ1v) is 10.2. The van der Waals surface area contributed by atoms with Crippen molar-refractivity contribution in [1.82, 2.24) is 5.32 Å². The predicted molar refractivity (Wildman–Crippen MR) is 113 cm³/mol. The number of para-hydroxylation sites is 1. The first-order chi connectivity index (χ1) is 14.1. The minimum Gasteiger partial charge on any atom is -0.476 e. The van der Waals surface area contributed by atoms with Crippen molar-refractivity contribution in [3.8, 4) is 17.1 Å². The van der Waals surface area contributed by atoms with E-state index in [1.54, 1.807) is 48.5 Å². The summed E-state index contributed by atoms with van der Waals surface area (Å²) >= 11 is 6.33. The molecule has 0 atom stereocenters. The fraction of sp³-hybridized carbons (Fsp3) is 0.304. The second kappa shape index (κ2) is 8.70. The number of hydrogen-bond acceptors (Lipinski definition) is 4. The normalized spacial score (nSPS) is 14.7. The van der Waals surface area contributed by atoms with Crippen molar-refractivity contribution in [3.05, 3.63) is 63.8 Å². The van der Waals surface area contributed by atoms with Crippen LogP contribution < -0.4 is 15.5 Å². The second-order valence-corrected chi connectivity index (χ2v) is 7.66. The van der Waals surface area contributed by atoms with Gasteiger partial charge in [0.1, 0.15) is 5.58 Å². The van der Waals surface area contributed by atoms with Gasteiger partial charge in [0.05, 0.1) is 10.4 Å². The molecule has 1 aliphatic rings. The van der Waals surface area contributed by atoms with Crippen molar-refractivity contribution in [3.63, 3.8) is 0 Å². The Morgan fingerprint density at radius 2 is 1.79 bits per heavy atom. The number of halogens is 1. The molecule has 0 spiro atoms. The van der Waals surface area contributed by atoms with Crippen LogP contribution in [-0.4, -0.2) is 18.6 Å². The van der Waals surface area contributed by atoms with E-state index in [9.17, 15) is 9.59 Å². The third kappa shape index (κ3) is 4.30. The van der Waals surface area contributed by atoms with E-state index in [4.69, 9.17) is 20.8 Å². The molecule has 0 bridgehead atoms. The maximum atomic E-state index is 13.1. The molecular weight excluding hydrogens is 390 g/mol. The second-order valence-electron chi connectivity index (χ2n) is 7.26. The van der Waals surface area contributed by atoms with E-state index >= 15 is 0 Å². The SMILES string of the molecule is O=C(COc1c(-c2ccccc2Cl)oc2ccccc2c1=O)NC1CCCCC1. The van der Waals surface area contributed by atoms with Crippen molar-refractivity contribution >= 4 is 28.5 Å². The van der Waals surface area contributed by atoms with Crippen LogP contribution in [0, 0.1) is 0 Å². The van der Waals surface area contributed by atoms with Gasteiger partial charge in [0.2, 0.25) is 11.2 Å². The molecule has 0 radical (unpaired) electrons. The van der Waals surface area contributed by atoms with E-state index in [2.05, 4.69) is 5.32 Å². The van der Waals surface area contributed by atoms with Gasteiger partial charge in [-0.3, -0.25) is 9.59 Å². The molecule has 2 aromatic carbocycles. The summed E-state index contributed by atoms with van der Waals surface area (Å²) in [6.07, 6.45) is 5.42. The van der Waals surface area contributed by atoms with Crippen LogP contribution in [-0.2, 0) is 4.79 Å². The zero-order chi connectivity index (χ0) is 20.2. The van der Waals surface area contributed by atoms with E-state index in [1.807, 2.05) is 0 Å². The number of nitrogens with one attached hydrogen (secondary N) is 1. The summed E-state index contributed by atoms with van der Waals surface area (Å²) < 4.78 is 11.7. The predicted octanol–water partition coefficient (Wildman–Crippen LogP) is 4.94. The van der Waals surface area contributed by atoms with Crippen LogP contribution in [0.1, 0.15) is 32.1 Å². The molecule has 1 fully saturated rings. The first-order valence-electron chi connectivity index (χ1n) is 9.86. The molecule has 0 unspecified atom stereocenters. The summed E-state index contributed by atoms with van der Waals surface area (Å²) in [6, 6.07) is 14.2. The molecular formula is C23H22ClNO4. The van der Waals surface area contributed by atoms with Gasteiger partial charge in [0, 0.05) is 11.6 Å². The third-order valence-electron chi connectivity index (χ3n) is 5.19. The monoisotopic (exact) mass is 411 g/mol. The minimum atomic E-state index is -0.327. The summed E-state index contributed by atoms with van der Waals surface area (Å²) in [6.45, 7) is -0.253. The molecule has 3 aromatic rings. The van der Waals surface area contributed by atoms with Crippen LogP contribution in [0.4, 0.5) is 0 Å². The number of rotatable bonds is 5. The molecule has 1 saturated carbocycles. The maximum absolute atomic E-state index is 13.1. The molecule has 5 nitrogen and oxygen atoms in total. The van der Waals surface area contributed by atoms with Gasteiger partial charge in [-0.1, -0.05) is 55.1 Å². The van der Waals surface area contributed by atoms with E-state index in [0.717, 1.165) is 25.7 Å². The Balaban J connectivity index is 1.66. The van der Waals surface area contributed by atoms with Crippen molar-refractivity contribution in [1.29, 1.82) is 0 Å². The highest BCUT2D eigenvalue weighted by Crippen LogP contribution is 2.35. The molecule has 1 aliphatic carbocycles. The van der Waals surface area contributed by atoms with Gasteiger partial charge in [0.15, 0.2) is 12.4 Å². The van der Waals surface area contributed by atoms with Crippen LogP contribution in [0.5, 0.6) is 5.75 Å². The Kier molecular flexibility index (Phi) is 5.86. The van der Waals surface area contributed by atoms with Gasteiger partial charge in [0.25, 0.3) is 5.91 Å². The highest BCUT2D eigenvalue weighted by molar-refractivity contribution is 6.33. The lowest BCUT2D eigenvalue weighted by Gasteiger charge is -2.22. The van der Waals surface area contributed by atoms with Gasteiger partial charge in [-0.15, -0.1) is 0 Å². The quantitative estimate of drug-likeness (QED) is 0.645. The number of hydrogen-bond donors (Lipinski definition) is 1. The van der Waals surface area contributed by atoms with Gasteiger partial charge in [-0.05, 0) is 37.1 Å². The van der Waals surface area contributed by atoms with Crippen LogP contribution in [0.2, 0.25) is 5.02 Å². The summed E-state index contributed by atoms with van der Waals surface area (Å²) in [7, 11) is 0. The topological polar surface area (TPSA) is 68.5 Å². The fourth-order valence-electron chi connectivity index (χ4n) is 3.73. The number of fused-ring (bicyclic) bond motifs is 1. The number of benzene rings is 2. The Morgan fingerprint density at radius 3 is 2.59 bits per heavy atom. The van der Waals surface area contributed by atoms with E-state index in [-0.39, 0.29) is 35.5 Å². The Bertz CT molecular complexity index is 1090. The molecule has 1 aromatic heterocycles. The minimum absolute atomic E-state index is 0.00408. The van der Waals surface area contributed by atoms with Gasteiger partial charge in [-0.25, -0.2) is 0 Å². The molecule has 1 heterocycles. The zero-order valence-electron chi connectivity index (χ0n) is 15.9. The van der Waals surface area contributed by atoms with Gasteiger partial charge in [-0.2, -0.15) is 0 Å². The van der Waals surface area contributed by atoms with Crippen LogP contribution in [0.25, 0.3) is 22.3 Å². The summed E-state index contributed by atoms with van der Waals surface area (Å²) in [5.41, 5.74) is 0.651. The molecule has 6 heteroatoms. The average Bonchev–Trinajstić information content (AvgIpc) is 2.74. The largest absolute Gasteiger partial charge is 0.476 e. The van der Waals surface area contributed by atoms with Gasteiger partial charge >= 0.3 is 0 Å². The molecule has 0 saturated heterocycles. The van der Waals surface area contributed by atoms with Crippen LogP contribution in [0.15, 0.2) is 57.7 Å². The molecule has 29 heavy (non-hydrogen) atoms. The number of amides is 1. The third-order valence-corrected chi connectivity index (χ3v) is 5.52. The lowest BCUT2D eigenvalue weighted by Crippen LogP contribution is -2.39. The summed E-state index contributed by atoms with van der Waals surface area (Å²) in [4.78, 5) is 25.5. The molecule has 1 N–H and O–H groups in total. The Hall–Kier alpha value is -2.79. The van der Waals surface area contributed by atoms with Crippen LogP contribution >= 0.6 is 11.6 Å². The van der Waals surface area contributed by atoms with E-state index in [0.29, 0.717) is 21.6 Å². The highest BCUT2D eigenvalue weighted by atomic mass is 35.5. The number of carbonyl (C=O) groups is 1.